The van der Waals surface area contributed by atoms with Gasteiger partial charge in [0.25, 0.3) is 0 Å². The van der Waals surface area contributed by atoms with E-state index in [0.717, 1.165) is 19.4 Å². The molecule has 0 fully saturated rings. The van der Waals surface area contributed by atoms with Crippen molar-refractivity contribution in [1.82, 2.24) is 0 Å². The number of hydrogen-bond donors (Lipinski definition) is 1. The fourth-order valence-corrected chi connectivity index (χ4v) is 0.885. The van der Waals surface area contributed by atoms with Gasteiger partial charge in [-0.25, -0.2) is 0 Å². The topological polar surface area (TPSA) is 35.2 Å². The van der Waals surface area contributed by atoms with E-state index in [1.165, 1.54) is 5.57 Å². The van der Waals surface area contributed by atoms with Gasteiger partial charge in [-0.2, -0.15) is 0 Å². The Morgan fingerprint density at radius 2 is 2.36 bits per heavy atom. The Bertz CT molecular complexity index is 130. The van der Waals surface area contributed by atoms with E-state index in [0.29, 0.717) is 6.61 Å². The van der Waals surface area contributed by atoms with E-state index >= 15 is 0 Å². The quantitative estimate of drug-likeness (QED) is 0.590. The molecule has 0 saturated carbocycles. The van der Waals surface area contributed by atoms with E-state index in [4.69, 9.17) is 10.5 Å². The molecule has 0 aromatic heterocycles. The molecule has 11 heavy (non-hydrogen) atoms. The van der Waals surface area contributed by atoms with Crippen molar-refractivity contribution in [1.29, 1.82) is 0 Å². The van der Waals surface area contributed by atoms with Crippen molar-refractivity contribution in [2.45, 2.75) is 12.8 Å². The van der Waals surface area contributed by atoms with Crippen molar-refractivity contribution in [2.75, 3.05) is 20.3 Å². The molecule has 2 N–H and O–H groups in total. The Balaban J connectivity index is 3.69. The van der Waals surface area contributed by atoms with Crippen molar-refractivity contribution in [3.05, 3.63) is 24.3 Å². The summed E-state index contributed by atoms with van der Waals surface area (Å²) in [6.45, 7) is 5.05. The summed E-state index contributed by atoms with van der Waals surface area (Å²) >= 11 is 0. The maximum absolute atomic E-state index is 5.38. The van der Waals surface area contributed by atoms with Crippen LogP contribution in [-0.2, 0) is 4.74 Å². The van der Waals surface area contributed by atoms with Crippen molar-refractivity contribution in [3.8, 4) is 0 Å². The fourth-order valence-electron chi connectivity index (χ4n) is 0.885. The molecule has 0 radical (unpaired) electrons. The molecule has 0 aliphatic heterocycles. The van der Waals surface area contributed by atoms with E-state index in [2.05, 4.69) is 6.58 Å². The lowest BCUT2D eigenvalue weighted by atomic mass is 10.1. The minimum atomic E-state index is 0.687. The van der Waals surface area contributed by atoms with Gasteiger partial charge in [0.05, 0.1) is 6.61 Å². The zero-order valence-corrected chi connectivity index (χ0v) is 7.18. The molecule has 0 spiro atoms. The number of nitrogens with two attached hydrogens (primary N) is 1. The monoisotopic (exact) mass is 155 g/mol. The summed E-state index contributed by atoms with van der Waals surface area (Å²) in [6, 6.07) is 0. The zero-order valence-electron chi connectivity index (χ0n) is 7.18. The van der Waals surface area contributed by atoms with Crippen molar-refractivity contribution < 1.29 is 4.74 Å². The standard InChI is InChI=1S/C9H17NO/c1-3-5-9(8-11-2)6-4-7-10/h3,5H,1,4,6-8,10H2,2H3/b9-5+. The number of allylic oxidation sites excluding steroid dienone is 2. The molecule has 0 aromatic rings. The highest BCUT2D eigenvalue weighted by atomic mass is 16.5. The number of methoxy groups -OCH3 is 1. The molecule has 64 valence electrons. The Hall–Kier alpha value is -0.600. The van der Waals surface area contributed by atoms with E-state index in [1.807, 2.05) is 6.08 Å². The van der Waals surface area contributed by atoms with Crippen LogP contribution in [0.1, 0.15) is 12.8 Å². The smallest absolute Gasteiger partial charge is 0.0676 e. The summed E-state index contributed by atoms with van der Waals surface area (Å²) in [5.41, 5.74) is 6.63. The van der Waals surface area contributed by atoms with Crippen LogP contribution < -0.4 is 5.73 Å². The lowest BCUT2D eigenvalue weighted by Gasteiger charge is -2.03. The molecule has 0 amide bonds. The van der Waals surface area contributed by atoms with Crippen molar-refractivity contribution in [2.24, 2.45) is 5.73 Å². The first-order valence-corrected chi connectivity index (χ1v) is 3.84. The van der Waals surface area contributed by atoms with Crippen molar-refractivity contribution in [3.63, 3.8) is 0 Å². The summed E-state index contributed by atoms with van der Waals surface area (Å²) in [5, 5.41) is 0. The summed E-state index contributed by atoms with van der Waals surface area (Å²) in [7, 11) is 1.69. The average Bonchev–Trinajstić information content (AvgIpc) is 2.01. The minimum absolute atomic E-state index is 0.687. The Labute approximate surface area is 68.7 Å². The third-order valence-electron chi connectivity index (χ3n) is 1.39. The highest BCUT2D eigenvalue weighted by molar-refractivity contribution is 5.10. The van der Waals surface area contributed by atoms with Gasteiger partial charge in [-0.1, -0.05) is 18.7 Å². The maximum atomic E-state index is 5.38. The Morgan fingerprint density at radius 1 is 1.64 bits per heavy atom. The lowest BCUT2D eigenvalue weighted by Crippen LogP contribution is -2.01. The molecule has 0 aromatic carbocycles. The summed E-state index contributed by atoms with van der Waals surface area (Å²) in [4.78, 5) is 0. The van der Waals surface area contributed by atoms with Crippen molar-refractivity contribution >= 4 is 0 Å². The van der Waals surface area contributed by atoms with Gasteiger partial charge < -0.3 is 10.5 Å². The fraction of sp³-hybridized carbons (Fsp3) is 0.556. The number of ether oxygens (including phenoxy) is 1. The van der Waals surface area contributed by atoms with Gasteiger partial charge in [-0.05, 0) is 25.0 Å². The number of hydrogen-bond acceptors (Lipinski definition) is 2. The average molecular weight is 155 g/mol. The zero-order chi connectivity index (χ0) is 8.53. The van der Waals surface area contributed by atoms with Gasteiger partial charge in [0.1, 0.15) is 0 Å². The van der Waals surface area contributed by atoms with Crippen LogP contribution >= 0.6 is 0 Å². The first-order valence-electron chi connectivity index (χ1n) is 3.84. The largest absolute Gasteiger partial charge is 0.380 e. The van der Waals surface area contributed by atoms with Gasteiger partial charge in [0.15, 0.2) is 0 Å². The predicted octanol–water partition coefficient (Wildman–Crippen LogP) is 1.48. The highest BCUT2D eigenvalue weighted by Gasteiger charge is 1.93. The van der Waals surface area contributed by atoms with Gasteiger partial charge in [0.2, 0.25) is 0 Å². The molecule has 2 heteroatoms. The molecular weight excluding hydrogens is 138 g/mol. The molecule has 2 nitrogen and oxygen atoms in total. The highest BCUT2D eigenvalue weighted by Crippen LogP contribution is 2.04. The lowest BCUT2D eigenvalue weighted by molar-refractivity contribution is 0.222. The van der Waals surface area contributed by atoms with Crippen LogP contribution in [0.2, 0.25) is 0 Å². The second-order valence-corrected chi connectivity index (χ2v) is 2.39. The van der Waals surface area contributed by atoms with Crippen LogP contribution in [0.15, 0.2) is 24.3 Å². The van der Waals surface area contributed by atoms with Gasteiger partial charge in [-0.3, -0.25) is 0 Å². The maximum Gasteiger partial charge on any atom is 0.0676 e. The summed E-state index contributed by atoms with van der Waals surface area (Å²) in [5.74, 6) is 0. The summed E-state index contributed by atoms with van der Waals surface area (Å²) in [6.07, 6.45) is 5.80. The third-order valence-corrected chi connectivity index (χ3v) is 1.39. The van der Waals surface area contributed by atoms with E-state index in [9.17, 15) is 0 Å². The van der Waals surface area contributed by atoms with Crippen LogP contribution in [-0.4, -0.2) is 20.3 Å². The van der Waals surface area contributed by atoms with E-state index < -0.39 is 0 Å². The second kappa shape index (κ2) is 7.51. The predicted molar refractivity (Wildman–Crippen MR) is 48.4 cm³/mol. The first kappa shape index (κ1) is 10.4. The SMILES string of the molecule is C=C/C=C(\CCCN)COC. The Kier molecular flexibility index (Phi) is 7.10. The molecule has 0 atom stereocenters. The molecular formula is C9H17NO. The third kappa shape index (κ3) is 5.83. The molecule has 0 saturated heterocycles. The van der Waals surface area contributed by atoms with Crippen LogP contribution in [0.5, 0.6) is 0 Å². The van der Waals surface area contributed by atoms with Gasteiger partial charge in [-0.15, -0.1) is 0 Å². The molecule has 0 bridgehead atoms. The molecule has 0 aliphatic carbocycles. The van der Waals surface area contributed by atoms with Gasteiger partial charge >= 0.3 is 0 Å². The van der Waals surface area contributed by atoms with Crippen LogP contribution in [0.25, 0.3) is 0 Å². The van der Waals surface area contributed by atoms with Crippen LogP contribution in [0, 0.1) is 0 Å². The second-order valence-electron chi connectivity index (χ2n) is 2.39. The van der Waals surface area contributed by atoms with Gasteiger partial charge in [0, 0.05) is 7.11 Å². The first-order chi connectivity index (χ1) is 5.35. The molecule has 0 aliphatic rings. The van der Waals surface area contributed by atoms with E-state index in [1.54, 1.807) is 13.2 Å². The van der Waals surface area contributed by atoms with E-state index in [-0.39, 0.29) is 0 Å². The normalized spacial score (nSPS) is 11.6. The van der Waals surface area contributed by atoms with Crippen LogP contribution in [0.3, 0.4) is 0 Å². The minimum Gasteiger partial charge on any atom is -0.380 e. The molecule has 0 unspecified atom stereocenters. The molecule has 0 heterocycles. The number of rotatable bonds is 6. The molecule has 0 rings (SSSR count). The van der Waals surface area contributed by atoms with Crippen LogP contribution in [0.4, 0.5) is 0 Å². The summed E-state index contributed by atoms with van der Waals surface area (Å²) < 4.78 is 5.00. The Morgan fingerprint density at radius 3 is 2.82 bits per heavy atom.